The molecule has 0 saturated carbocycles. The number of amides is 1. The van der Waals surface area contributed by atoms with Crippen molar-refractivity contribution in [2.75, 3.05) is 0 Å². The van der Waals surface area contributed by atoms with Crippen molar-refractivity contribution >= 4 is 23.7 Å². The fraction of sp³-hybridized carbons (Fsp3) is 0.125. The van der Waals surface area contributed by atoms with Crippen molar-refractivity contribution in [3.8, 4) is 0 Å². The molecule has 1 atom stereocenters. The van der Waals surface area contributed by atoms with Crippen molar-refractivity contribution in [2.45, 2.75) is 12.6 Å². The molecule has 2 aromatic carbocycles. The Labute approximate surface area is 132 Å². The highest BCUT2D eigenvalue weighted by Crippen LogP contribution is 2.17. The van der Waals surface area contributed by atoms with E-state index in [1.807, 2.05) is 18.2 Å². The summed E-state index contributed by atoms with van der Waals surface area (Å²) >= 11 is 5.76. The number of alkyl carbamates (subject to hydrolysis) is 1. The first-order valence-corrected chi connectivity index (χ1v) is 6.89. The van der Waals surface area contributed by atoms with Gasteiger partial charge in [0.05, 0.1) is 0 Å². The maximum absolute atomic E-state index is 11.7. The van der Waals surface area contributed by atoms with Crippen molar-refractivity contribution < 1.29 is 19.4 Å². The number of carboxylic acid groups (broad SMARTS) is 1. The summed E-state index contributed by atoms with van der Waals surface area (Å²) in [5.41, 5.74) is 1.23. The second-order valence-corrected chi connectivity index (χ2v) is 4.97. The number of hydrogen-bond donors (Lipinski definition) is 2. The molecule has 6 heteroatoms. The zero-order chi connectivity index (χ0) is 15.9. The first kappa shape index (κ1) is 15.9. The summed E-state index contributed by atoms with van der Waals surface area (Å²) in [6.45, 7) is 0.0691. The number of halogens is 1. The number of carbonyl (C=O) groups is 2. The molecular weight excluding hydrogens is 306 g/mol. The largest absolute Gasteiger partial charge is 0.479 e. The van der Waals surface area contributed by atoms with Gasteiger partial charge in [-0.1, -0.05) is 54.1 Å². The van der Waals surface area contributed by atoms with Crippen LogP contribution in [0.4, 0.5) is 4.79 Å². The van der Waals surface area contributed by atoms with E-state index in [-0.39, 0.29) is 6.61 Å². The number of ether oxygens (including phenoxy) is 1. The summed E-state index contributed by atoms with van der Waals surface area (Å²) in [7, 11) is 0. The Hall–Kier alpha value is -2.53. The van der Waals surface area contributed by atoms with Crippen LogP contribution in [0.3, 0.4) is 0 Å². The molecule has 2 aromatic rings. The zero-order valence-electron chi connectivity index (χ0n) is 11.5. The van der Waals surface area contributed by atoms with Gasteiger partial charge < -0.3 is 15.2 Å². The predicted molar refractivity (Wildman–Crippen MR) is 81.6 cm³/mol. The van der Waals surface area contributed by atoms with E-state index >= 15 is 0 Å². The Balaban J connectivity index is 1.97. The van der Waals surface area contributed by atoms with Gasteiger partial charge in [-0.15, -0.1) is 0 Å². The summed E-state index contributed by atoms with van der Waals surface area (Å²) in [5, 5.41) is 12.0. The monoisotopic (exact) mass is 319 g/mol. The van der Waals surface area contributed by atoms with Crippen molar-refractivity contribution in [1.29, 1.82) is 0 Å². The van der Waals surface area contributed by atoms with Gasteiger partial charge >= 0.3 is 12.1 Å². The highest BCUT2D eigenvalue weighted by molar-refractivity contribution is 6.30. The van der Waals surface area contributed by atoms with Gasteiger partial charge in [0.15, 0.2) is 6.04 Å². The van der Waals surface area contributed by atoms with Crippen molar-refractivity contribution in [3.63, 3.8) is 0 Å². The number of carboxylic acids is 1. The summed E-state index contributed by atoms with van der Waals surface area (Å²) in [6.07, 6.45) is -0.800. The first-order chi connectivity index (χ1) is 10.6. The Morgan fingerprint density at radius 3 is 2.32 bits per heavy atom. The fourth-order valence-corrected chi connectivity index (χ4v) is 1.95. The quantitative estimate of drug-likeness (QED) is 0.885. The van der Waals surface area contributed by atoms with Gasteiger partial charge in [0.2, 0.25) is 0 Å². The van der Waals surface area contributed by atoms with Gasteiger partial charge in [-0.05, 0) is 23.3 Å². The van der Waals surface area contributed by atoms with Gasteiger partial charge in [0.25, 0.3) is 0 Å². The Bertz CT molecular complexity index is 643. The lowest BCUT2D eigenvalue weighted by atomic mass is 10.1. The Kier molecular flexibility index (Phi) is 5.38. The van der Waals surface area contributed by atoms with Crippen molar-refractivity contribution in [2.24, 2.45) is 0 Å². The molecule has 0 aromatic heterocycles. The molecule has 0 aliphatic rings. The molecule has 1 amide bonds. The molecule has 0 aliphatic heterocycles. The molecule has 0 spiro atoms. The van der Waals surface area contributed by atoms with Gasteiger partial charge in [0, 0.05) is 5.02 Å². The number of benzene rings is 2. The number of rotatable bonds is 5. The Morgan fingerprint density at radius 2 is 1.73 bits per heavy atom. The minimum atomic E-state index is -1.19. The Morgan fingerprint density at radius 1 is 1.09 bits per heavy atom. The molecule has 2 N–H and O–H groups in total. The number of aliphatic carboxylic acids is 1. The SMILES string of the molecule is O=C(NC(C(=O)O)c1ccc(Cl)cc1)OCc1ccccc1. The topological polar surface area (TPSA) is 75.6 Å². The third kappa shape index (κ3) is 4.49. The van der Waals surface area contributed by atoms with Crippen LogP contribution in [0.25, 0.3) is 0 Å². The van der Waals surface area contributed by atoms with E-state index in [0.717, 1.165) is 5.56 Å². The maximum Gasteiger partial charge on any atom is 0.408 e. The van der Waals surface area contributed by atoms with E-state index in [0.29, 0.717) is 10.6 Å². The van der Waals surface area contributed by atoms with Gasteiger partial charge in [0.1, 0.15) is 6.61 Å². The lowest BCUT2D eigenvalue weighted by Gasteiger charge is -2.15. The van der Waals surface area contributed by atoms with Crippen LogP contribution in [0.1, 0.15) is 17.2 Å². The van der Waals surface area contributed by atoms with Crippen molar-refractivity contribution in [1.82, 2.24) is 5.32 Å². The average Bonchev–Trinajstić information content (AvgIpc) is 2.52. The predicted octanol–water partition coefficient (Wildman–Crippen LogP) is 3.39. The van der Waals surface area contributed by atoms with Crippen LogP contribution in [0.5, 0.6) is 0 Å². The summed E-state index contributed by atoms with van der Waals surface area (Å²) in [4.78, 5) is 23.0. The molecule has 114 valence electrons. The molecule has 1 unspecified atom stereocenters. The van der Waals surface area contributed by atoms with Crippen LogP contribution in [0.15, 0.2) is 54.6 Å². The van der Waals surface area contributed by atoms with E-state index in [1.54, 1.807) is 36.4 Å². The van der Waals surface area contributed by atoms with Crippen LogP contribution in [-0.4, -0.2) is 17.2 Å². The number of hydrogen-bond acceptors (Lipinski definition) is 3. The van der Waals surface area contributed by atoms with E-state index in [2.05, 4.69) is 5.32 Å². The summed E-state index contributed by atoms with van der Waals surface area (Å²) in [6, 6.07) is 14.1. The smallest absolute Gasteiger partial charge is 0.408 e. The molecule has 5 nitrogen and oxygen atoms in total. The third-order valence-electron chi connectivity index (χ3n) is 2.93. The molecule has 0 bridgehead atoms. The zero-order valence-corrected chi connectivity index (χ0v) is 12.3. The maximum atomic E-state index is 11.7. The van der Waals surface area contributed by atoms with Gasteiger partial charge in [-0.2, -0.15) is 0 Å². The molecule has 0 saturated heterocycles. The second-order valence-electron chi connectivity index (χ2n) is 4.53. The standard InChI is InChI=1S/C16H14ClNO4/c17-13-8-6-12(7-9-13)14(15(19)20)18-16(21)22-10-11-4-2-1-3-5-11/h1-9,14H,10H2,(H,18,21)(H,19,20). The lowest BCUT2D eigenvalue weighted by Crippen LogP contribution is -2.34. The van der Waals surface area contributed by atoms with Crippen LogP contribution in [0, 0.1) is 0 Å². The number of nitrogens with one attached hydrogen (secondary N) is 1. The first-order valence-electron chi connectivity index (χ1n) is 6.52. The van der Waals surface area contributed by atoms with Crippen LogP contribution < -0.4 is 5.32 Å². The molecule has 0 aliphatic carbocycles. The highest BCUT2D eigenvalue weighted by Gasteiger charge is 2.22. The van der Waals surface area contributed by atoms with E-state index < -0.39 is 18.1 Å². The molecule has 2 rings (SSSR count). The molecular formula is C16H14ClNO4. The number of carbonyl (C=O) groups excluding carboxylic acids is 1. The summed E-state index contributed by atoms with van der Waals surface area (Å²) in [5.74, 6) is -1.18. The van der Waals surface area contributed by atoms with Crippen molar-refractivity contribution in [3.05, 3.63) is 70.7 Å². The van der Waals surface area contributed by atoms with Crippen LogP contribution in [-0.2, 0) is 16.1 Å². The summed E-state index contributed by atoms with van der Waals surface area (Å²) < 4.78 is 5.01. The average molecular weight is 320 g/mol. The second kappa shape index (κ2) is 7.47. The minimum Gasteiger partial charge on any atom is -0.479 e. The van der Waals surface area contributed by atoms with E-state index in [1.165, 1.54) is 0 Å². The highest BCUT2D eigenvalue weighted by atomic mass is 35.5. The van der Waals surface area contributed by atoms with Gasteiger partial charge in [-0.25, -0.2) is 9.59 Å². The third-order valence-corrected chi connectivity index (χ3v) is 3.18. The molecule has 0 fully saturated rings. The van der Waals surface area contributed by atoms with Crippen LogP contribution in [0.2, 0.25) is 5.02 Å². The van der Waals surface area contributed by atoms with E-state index in [4.69, 9.17) is 16.3 Å². The van der Waals surface area contributed by atoms with Crippen LogP contribution >= 0.6 is 11.6 Å². The normalized spacial score (nSPS) is 11.5. The van der Waals surface area contributed by atoms with Gasteiger partial charge in [-0.3, -0.25) is 0 Å². The minimum absolute atomic E-state index is 0.0691. The molecule has 0 heterocycles. The van der Waals surface area contributed by atoms with E-state index in [9.17, 15) is 14.7 Å². The molecule has 0 radical (unpaired) electrons. The molecule has 22 heavy (non-hydrogen) atoms. The fourth-order valence-electron chi connectivity index (χ4n) is 1.83. The lowest BCUT2D eigenvalue weighted by molar-refractivity contribution is -0.139.